The number of carbonyl (C=O) groups is 13. The van der Waals surface area contributed by atoms with Crippen LogP contribution < -0.4 is 102 Å². The molecule has 0 saturated heterocycles. The fourth-order valence-electron chi connectivity index (χ4n) is 12.1. The molecule has 0 spiro atoms. The van der Waals surface area contributed by atoms with Gasteiger partial charge < -0.3 is 62.0 Å². The minimum Gasteiger partial charge on any atom is -0.793 e. The van der Waals surface area contributed by atoms with Crippen LogP contribution in [0, 0.1) is 0 Å². The van der Waals surface area contributed by atoms with Crippen LogP contribution in [0.2, 0.25) is 0 Å². The number of isocyanates is 1. The molecule has 0 aliphatic rings. The largest absolute Gasteiger partial charge is 1.00 e. The van der Waals surface area contributed by atoms with Crippen molar-refractivity contribution in [3.8, 4) is 34.5 Å². The topological polar surface area (TPSA) is 551 Å². The molecule has 149 heavy (non-hydrogen) atoms. The number of urea groups is 2. The fraction of sp³-hybridized carbons (Fsp3) is 0.333. The number of aromatic nitrogens is 4. The predicted molar refractivity (Wildman–Crippen MR) is 544 cm³/mol. The second-order valence-corrected chi connectivity index (χ2v) is 30.8. The number of benzene rings is 6. The molecule has 0 unspecified atom stereocenters. The van der Waals surface area contributed by atoms with Crippen LogP contribution >= 0.6 is 0 Å². The SMILES string of the molecule is CC(=O)OOC(C)=O.COc1ccc(CONC(=O)CCCCCN(Cc2ccccn2)C(=O)NC(=O)c2ccccc2)c(OC)c1.COc1ccc(CONC(=O)CCCCCN)c(OC)c1.COc1ccc(CONC(=O)CCCCCNCc2ccccn2)c(OC)c1.O=C(CCCCCN(Cc1ccccn1)C(=O)NC(=O)c1ccccc1)NO.O=C=NC(=O)c1ccccc1.O=Cc1ccccn1.[B-]OC(C)=O.[Na+]. The van der Waals surface area contributed by atoms with Gasteiger partial charge in [0.2, 0.25) is 35.7 Å². The number of rotatable bonds is 48. The van der Waals surface area contributed by atoms with Crippen molar-refractivity contribution in [1.29, 1.82) is 0 Å². The normalized spacial score (nSPS) is 9.77. The Hall–Kier alpha value is -15.6. The van der Waals surface area contributed by atoms with Crippen LogP contribution in [0.3, 0.4) is 0 Å². The maximum absolute atomic E-state index is 12.9. The van der Waals surface area contributed by atoms with Gasteiger partial charge in [-0.25, -0.2) is 55.7 Å². The first kappa shape index (κ1) is 129. The first-order valence-corrected chi connectivity index (χ1v) is 46.7. The van der Waals surface area contributed by atoms with Crippen molar-refractivity contribution in [2.24, 2.45) is 10.7 Å². The number of amides is 11. The summed E-state index contributed by atoms with van der Waals surface area (Å²) in [4.78, 5) is 202. The van der Waals surface area contributed by atoms with Gasteiger partial charge in [-0.05, 0) is 186 Å². The van der Waals surface area contributed by atoms with Crippen molar-refractivity contribution in [3.63, 3.8) is 0 Å². The Balaban J connectivity index is 0.000000615. The number of aliphatic imine (C=N–C) groups is 1. The van der Waals surface area contributed by atoms with Crippen LogP contribution in [-0.4, -0.2) is 196 Å². The standard InChI is InChI=1S/C29H34N4O6.C21H29N3O4.C20H24N4O4.C15H24N2O4.C8H5NO2.C6H5NO.C4H6O4.C2H3BO2.Na/c1-37-25-16-15-23(26(19-25)38-2)21-39-32-27(34)14-7-4-10-18-33(20-24-13-8-9-17-30-24)29(36)31-28(35)22-11-5-3-6-12-22;1-26-19-11-10-17(20(14-19)27-2)16-28-24-21(25)9-4-3-6-12-22-15-18-8-5-7-13-23-18;25-18(23-28)12-5-2-8-14-24(15-17-11-6-7-13-21-17)20(27)22-19(26)16-9-3-1-4-10-16;1-19-13-8-7-12(14(10-13)20-2)11-21-17-15(18)6-4-3-5-9-16;10-6-9-8(11)7-4-2-1-3-5-7;8-5-6-3-1-2-4-7-6;1-3(5)7-8-4(2)6;1-2(4)5-3;/h3,5-6,8-9,11-13,15-17,19H,4,7,10,14,18,20-21H2,1-2H3,(H,32,34)(H,31,35,36);5,7-8,10-11,13-14,22H,3-4,6,9,12,15-16H2,1-2H3,(H,24,25);1,3-4,6-7,9-11,13,28H,2,5,8,12,14-15H2,(H,23,25)(H,22,26,27);7-8,10H,3-6,9,11,16H2,1-2H3,(H,17,18);1-5H;1-5H;1-2H3;1H3;/q;;;;;;;-1;+1. The van der Waals surface area contributed by atoms with Gasteiger partial charge >= 0.3 is 53.6 Å². The minimum atomic E-state index is -0.639. The van der Waals surface area contributed by atoms with E-state index in [1.54, 1.807) is 223 Å². The van der Waals surface area contributed by atoms with E-state index in [1.807, 2.05) is 72.8 Å². The fourth-order valence-corrected chi connectivity index (χ4v) is 12.1. The van der Waals surface area contributed by atoms with Gasteiger partial charge in [-0.1, -0.05) is 105 Å². The van der Waals surface area contributed by atoms with Crippen LogP contribution in [0.5, 0.6) is 34.5 Å². The van der Waals surface area contributed by atoms with E-state index in [1.165, 1.54) is 17.9 Å². The van der Waals surface area contributed by atoms with Gasteiger partial charge in [0, 0.05) is 142 Å². The van der Waals surface area contributed by atoms with Crippen molar-refractivity contribution in [1.82, 2.24) is 67.6 Å². The summed E-state index contributed by atoms with van der Waals surface area (Å²) in [5, 5.41) is 16.7. The van der Waals surface area contributed by atoms with Crippen LogP contribution in [-0.2, 0) is 107 Å². The monoisotopic (exact) mass is 2070 g/mol. The molecular weight excluding hydrogens is 1940 g/mol. The molecule has 6 aromatic carbocycles. The summed E-state index contributed by atoms with van der Waals surface area (Å²) in [5.41, 5.74) is 20.9. The first-order valence-electron chi connectivity index (χ1n) is 46.7. The number of carbonyl (C=O) groups excluding carboxylic acids is 14. The van der Waals surface area contributed by atoms with E-state index < -0.39 is 53.6 Å². The van der Waals surface area contributed by atoms with Crippen molar-refractivity contribution < 1.29 is 159 Å². The number of aldehydes is 1. The molecule has 10 N–H and O–H groups in total. The number of imide groups is 2. The summed E-state index contributed by atoms with van der Waals surface area (Å²) < 4.78 is 34.9. The molecule has 10 aromatic rings. The molecule has 0 aliphatic carbocycles. The summed E-state index contributed by atoms with van der Waals surface area (Å²) >= 11 is 0. The Morgan fingerprint density at radius 1 is 0.409 bits per heavy atom. The summed E-state index contributed by atoms with van der Waals surface area (Å²) in [5.74, 6) is -0.134. The first-order chi connectivity index (χ1) is 71.7. The average Bonchev–Trinajstić information content (AvgIpc) is 0.877. The smallest absolute Gasteiger partial charge is 0.793 e. The third-order valence-corrected chi connectivity index (χ3v) is 19.6. The Morgan fingerprint density at radius 3 is 1.06 bits per heavy atom. The molecule has 44 heteroatoms. The van der Waals surface area contributed by atoms with E-state index in [2.05, 4.69) is 79.8 Å². The quantitative estimate of drug-likeness (QED) is 0.00250. The number of unbranched alkanes of at least 4 members (excludes halogenated alkanes) is 8. The number of ether oxygens (including phenoxy) is 6. The van der Waals surface area contributed by atoms with Gasteiger partial charge in [0.1, 0.15) is 60.0 Å². The zero-order chi connectivity index (χ0) is 108. The molecule has 10 rings (SSSR count). The van der Waals surface area contributed by atoms with Crippen LogP contribution in [0.1, 0.15) is 199 Å². The Kier molecular flexibility index (Phi) is 71.8. The number of nitrogens with zero attached hydrogens (tertiary/aromatic N) is 7. The third-order valence-electron chi connectivity index (χ3n) is 19.6. The molecule has 4 heterocycles. The maximum Gasteiger partial charge on any atom is 1.00 e. The zero-order valence-electron chi connectivity index (χ0n) is 85.4. The molecule has 4 aromatic heterocycles. The summed E-state index contributed by atoms with van der Waals surface area (Å²) in [7, 11) is 13.8. The molecular formula is C105H130BN15NaO27. The van der Waals surface area contributed by atoms with Crippen LogP contribution in [0.25, 0.3) is 0 Å². The summed E-state index contributed by atoms with van der Waals surface area (Å²) in [6.07, 6.45) is 19.4. The van der Waals surface area contributed by atoms with Gasteiger partial charge in [0.05, 0.1) is 72.8 Å². The van der Waals surface area contributed by atoms with Gasteiger partial charge in [-0.2, -0.15) is 0 Å². The van der Waals surface area contributed by atoms with Crippen LogP contribution in [0.15, 0.2) is 248 Å². The number of methoxy groups -OCH3 is 6. The van der Waals surface area contributed by atoms with Crippen molar-refractivity contribution in [2.75, 3.05) is 68.8 Å². The molecule has 0 fully saturated rings. The molecule has 0 atom stereocenters. The number of hydrogen-bond donors (Lipinski definition) is 9. The average molecular weight is 2070 g/mol. The minimum absolute atomic E-state index is 0. The van der Waals surface area contributed by atoms with E-state index in [0.717, 1.165) is 94.1 Å². The molecule has 791 valence electrons. The molecule has 3 radical (unpaired) electrons. The van der Waals surface area contributed by atoms with E-state index in [4.69, 9.17) is 53.9 Å². The van der Waals surface area contributed by atoms with Crippen molar-refractivity contribution >= 4 is 91.7 Å². The van der Waals surface area contributed by atoms with Gasteiger partial charge in [0.15, 0.2) is 6.29 Å². The van der Waals surface area contributed by atoms with E-state index in [0.29, 0.717) is 139 Å². The molecule has 0 saturated carbocycles. The number of pyridine rings is 4. The van der Waals surface area contributed by atoms with Gasteiger partial charge in [0.25, 0.3) is 17.7 Å². The summed E-state index contributed by atoms with van der Waals surface area (Å²) in [6, 6.07) is 62.7. The Labute approximate surface area is 889 Å². The molecule has 42 nitrogen and oxygen atoms in total. The van der Waals surface area contributed by atoms with E-state index >= 15 is 0 Å². The Morgan fingerprint density at radius 2 is 0.752 bits per heavy atom. The number of hydrogen-bond acceptors (Lipinski definition) is 33. The van der Waals surface area contributed by atoms with E-state index in [-0.39, 0.29) is 93.0 Å². The molecule has 0 bridgehead atoms. The third kappa shape index (κ3) is 61.5. The number of nitrogens with one attached hydrogen (secondary N) is 7. The van der Waals surface area contributed by atoms with Gasteiger partial charge in [-0.15, -0.1) is 4.99 Å². The second kappa shape index (κ2) is 82.6. The number of hydroxylamine groups is 4. The number of nitrogens with two attached hydrogens (primary N) is 1. The van der Waals surface area contributed by atoms with Gasteiger partial charge in [-0.3, -0.25) is 93.4 Å². The maximum atomic E-state index is 12.9. The Bertz CT molecular complexity index is 5560. The van der Waals surface area contributed by atoms with E-state index in [9.17, 15) is 67.1 Å². The van der Waals surface area contributed by atoms with Crippen LogP contribution in [0.4, 0.5) is 9.59 Å². The van der Waals surface area contributed by atoms with Crippen molar-refractivity contribution in [2.45, 2.75) is 163 Å². The zero-order valence-corrected chi connectivity index (χ0v) is 87.4. The van der Waals surface area contributed by atoms with Crippen molar-refractivity contribution in [3.05, 3.63) is 299 Å². The second-order valence-electron chi connectivity index (χ2n) is 30.8. The molecule has 0 aliphatic heterocycles. The molecule has 11 amide bonds. The predicted octanol–water partition coefficient (Wildman–Crippen LogP) is 10.2. The summed E-state index contributed by atoms with van der Waals surface area (Å²) in [6.45, 7) is 7.82.